The molecular weight excluding hydrogens is 278 g/mol. The molecule has 0 saturated heterocycles. The highest BCUT2D eigenvalue weighted by atomic mass is 32.1. The van der Waals surface area contributed by atoms with Crippen LogP contribution in [-0.2, 0) is 4.74 Å². The average Bonchev–Trinajstić information content (AvgIpc) is 3.09. The highest BCUT2D eigenvalue weighted by molar-refractivity contribution is 7.15. The van der Waals surface area contributed by atoms with Gasteiger partial charge in [-0.15, -0.1) is 11.3 Å². The lowest BCUT2D eigenvalue weighted by Gasteiger charge is -2.10. The van der Waals surface area contributed by atoms with E-state index in [1.54, 1.807) is 6.07 Å². The zero-order chi connectivity index (χ0) is 14.4. The maximum atomic E-state index is 11.8. The normalized spacial score (nSPS) is 15.4. The predicted molar refractivity (Wildman–Crippen MR) is 76.4 cm³/mol. The summed E-state index contributed by atoms with van der Waals surface area (Å²) in [6.07, 6.45) is 6.00. The minimum absolute atomic E-state index is 0.180. The lowest BCUT2D eigenvalue weighted by atomic mass is 10.3. The summed E-state index contributed by atoms with van der Waals surface area (Å²) in [5.74, 6) is -1.22. The molecule has 20 heavy (non-hydrogen) atoms. The number of amides is 1. The molecule has 0 atom stereocenters. The van der Waals surface area contributed by atoms with E-state index in [1.165, 1.54) is 18.9 Å². The van der Waals surface area contributed by atoms with Gasteiger partial charge in [0.15, 0.2) is 0 Å². The first-order valence-corrected chi connectivity index (χ1v) is 7.71. The van der Waals surface area contributed by atoms with Gasteiger partial charge in [0, 0.05) is 13.2 Å². The van der Waals surface area contributed by atoms with Gasteiger partial charge in [-0.1, -0.05) is 12.8 Å². The zero-order valence-corrected chi connectivity index (χ0v) is 12.1. The second kappa shape index (κ2) is 7.40. The number of ether oxygens (including phenoxy) is 1. The van der Waals surface area contributed by atoms with Crippen LogP contribution in [0.15, 0.2) is 12.1 Å². The van der Waals surface area contributed by atoms with Crippen LogP contribution >= 0.6 is 11.3 Å². The quantitative estimate of drug-likeness (QED) is 0.758. The molecule has 0 bridgehead atoms. The van der Waals surface area contributed by atoms with E-state index >= 15 is 0 Å². The molecule has 1 saturated carbocycles. The smallest absolute Gasteiger partial charge is 0.345 e. The van der Waals surface area contributed by atoms with Crippen molar-refractivity contribution < 1.29 is 19.4 Å². The van der Waals surface area contributed by atoms with Crippen molar-refractivity contribution in [3.63, 3.8) is 0 Å². The number of carboxylic acids is 1. The average molecular weight is 297 g/mol. The van der Waals surface area contributed by atoms with Crippen LogP contribution in [0, 0.1) is 0 Å². The van der Waals surface area contributed by atoms with E-state index in [0.717, 1.165) is 30.6 Å². The van der Waals surface area contributed by atoms with E-state index in [4.69, 9.17) is 9.84 Å². The van der Waals surface area contributed by atoms with E-state index in [2.05, 4.69) is 5.32 Å². The zero-order valence-electron chi connectivity index (χ0n) is 11.3. The number of carbonyl (C=O) groups excluding carboxylic acids is 1. The Balaban J connectivity index is 1.62. The Morgan fingerprint density at radius 1 is 1.30 bits per heavy atom. The highest BCUT2D eigenvalue weighted by Crippen LogP contribution is 2.20. The van der Waals surface area contributed by atoms with Crippen LogP contribution in [0.2, 0.25) is 0 Å². The van der Waals surface area contributed by atoms with Crippen molar-refractivity contribution in [3.05, 3.63) is 21.9 Å². The molecule has 6 heteroatoms. The van der Waals surface area contributed by atoms with E-state index in [9.17, 15) is 9.59 Å². The number of carboxylic acid groups (broad SMARTS) is 1. The first-order chi connectivity index (χ1) is 9.66. The van der Waals surface area contributed by atoms with Crippen LogP contribution in [0.25, 0.3) is 0 Å². The maximum absolute atomic E-state index is 11.8. The summed E-state index contributed by atoms with van der Waals surface area (Å²) in [5, 5.41) is 11.6. The minimum atomic E-state index is -1.00. The molecule has 110 valence electrons. The molecule has 0 aromatic carbocycles. The van der Waals surface area contributed by atoms with Crippen molar-refractivity contribution in [3.8, 4) is 0 Å². The third-order valence-electron chi connectivity index (χ3n) is 3.30. The largest absolute Gasteiger partial charge is 0.477 e. The van der Waals surface area contributed by atoms with Crippen LogP contribution in [-0.4, -0.2) is 36.2 Å². The van der Waals surface area contributed by atoms with Crippen LogP contribution in [0.4, 0.5) is 0 Å². The minimum Gasteiger partial charge on any atom is -0.477 e. The Labute approximate surface area is 121 Å². The van der Waals surface area contributed by atoms with E-state index in [1.807, 2.05) is 0 Å². The number of rotatable bonds is 7. The molecule has 2 rings (SSSR count). The van der Waals surface area contributed by atoms with Gasteiger partial charge in [-0.2, -0.15) is 0 Å². The molecule has 0 unspecified atom stereocenters. The molecule has 0 aliphatic heterocycles. The molecule has 1 amide bonds. The third kappa shape index (κ3) is 4.31. The van der Waals surface area contributed by atoms with Gasteiger partial charge in [-0.3, -0.25) is 4.79 Å². The monoisotopic (exact) mass is 297 g/mol. The molecule has 0 radical (unpaired) electrons. The van der Waals surface area contributed by atoms with Crippen LogP contribution in [0.5, 0.6) is 0 Å². The highest BCUT2D eigenvalue weighted by Gasteiger charge is 2.15. The molecule has 5 nitrogen and oxygen atoms in total. The molecule has 1 aromatic rings. The number of hydrogen-bond donors (Lipinski definition) is 2. The van der Waals surface area contributed by atoms with E-state index < -0.39 is 5.97 Å². The molecule has 0 spiro atoms. The first kappa shape index (κ1) is 15.0. The molecule has 2 N–H and O–H groups in total. The second-order valence-corrected chi connectivity index (χ2v) is 5.94. The second-order valence-electron chi connectivity index (χ2n) is 4.86. The summed E-state index contributed by atoms with van der Waals surface area (Å²) in [4.78, 5) is 23.1. The molecular formula is C14H19NO4S. The number of aromatic carboxylic acids is 1. The van der Waals surface area contributed by atoms with Gasteiger partial charge in [0.2, 0.25) is 0 Å². The Morgan fingerprint density at radius 2 is 2.00 bits per heavy atom. The summed E-state index contributed by atoms with van der Waals surface area (Å²) < 4.78 is 5.70. The molecule has 1 aliphatic rings. The van der Waals surface area contributed by atoms with Crippen molar-refractivity contribution in [1.82, 2.24) is 5.32 Å². The molecule has 1 heterocycles. The van der Waals surface area contributed by atoms with Gasteiger partial charge in [0.1, 0.15) is 4.88 Å². The lowest BCUT2D eigenvalue weighted by Crippen LogP contribution is -2.25. The van der Waals surface area contributed by atoms with Gasteiger partial charge in [0.05, 0.1) is 11.0 Å². The Morgan fingerprint density at radius 3 is 2.65 bits per heavy atom. The first-order valence-electron chi connectivity index (χ1n) is 6.90. The number of carbonyl (C=O) groups is 2. The fourth-order valence-corrected chi connectivity index (χ4v) is 3.00. The third-order valence-corrected chi connectivity index (χ3v) is 4.38. The summed E-state index contributed by atoms with van der Waals surface area (Å²) in [6.45, 7) is 1.21. The van der Waals surface area contributed by atoms with Gasteiger partial charge in [0.25, 0.3) is 5.91 Å². The lowest BCUT2D eigenvalue weighted by molar-refractivity contribution is 0.0565. The van der Waals surface area contributed by atoms with Crippen molar-refractivity contribution in [2.75, 3.05) is 13.2 Å². The summed E-state index contributed by atoms with van der Waals surface area (Å²) in [5.41, 5.74) is 0. The fraction of sp³-hybridized carbons (Fsp3) is 0.571. The van der Waals surface area contributed by atoms with Crippen LogP contribution in [0.1, 0.15) is 51.4 Å². The topological polar surface area (TPSA) is 75.6 Å². The van der Waals surface area contributed by atoms with Crippen molar-refractivity contribution >= 4 is 23.2 Å². The number of hydrogen-bond acceptors (Lipinski definition) is 4. The summed E-state index contributed by atoms with van der Waals surface area (Å²) in [6, 6.07) is 2.99. The fourth-order valence-electron chi connectivity index (χ4n) is 2.24. The Hall–Kier alpha value is -1.40. The predicted octanol–water partition coefficient (Wildman–Crippen LogP) is 2.53. The summed E-state index contributed by atoms with van der Waals surface area (Å²) in [7, 11) is 0. The van der Waals surface area contributed by atoms with Gasteiger partial charge in [-0.05, 0) is 31.4 Å². The summed E-state index contributed by atoms with van der Waals surface area (Å²) >= 11 is 0.990. The maximum Gasteiger partial charge on any atom is 0.345 e. The van der Waals surface area contributed by atoms with Crippen molar-refractivity contribution in [2.45, 2.75) is 38.2 Å². The molecule has 1 fully saturated rings. The van der Waals surface area contributed by atoms with Crippen molar-refractivity contribution in [1.29, 1.82) is 0 Å². The van der Waals surface area contributed by atoms with Crippen LogP contribution in [0.3, 0.4) is 0 Å². The van der Waals surface area contributed by atoms with E-state index in [-0.39, 0.29) is 10.8 Å². The van der Waals surface area contributed by atoms with E-state index in [0.29, 0.717) is 24.1 Å². The van der Waals surface area contributed by atoms with Gasteiger partial charge in [-0.25, -0.2) is 4.79 Å². The van der Waals surface area contributed by atoms with Crippen LogP contribution < -0.4 is 5.32 Å². The molecule has 1 aliphatic carbocycles. The van der Waals surface area contributed by atoms with Gasteiger partial charge >= 0.3 is 5.97 Å². The Kier molecular flexibility index (Phi) is 5.55. The van der Waals surface area contributed by atoms with Gasteiger partial charge < -0.3 is 15.2 Å². The molecule has 1 aromatic heterocycles. The standard InChI is InChI=1S/C14H19NO4S/c16-13(11-6-7-12(20-11)14(17)18)15-8-3-9-19-10-4-1-2-5-10/h6-7,10H,1-5,8-9H2,(H,15,16)(H,17,18). The number of nitrogens with one attached hydrogen (secondary N) is 1. The van der Waals surface area contributed by atoms with Crippen molar-refractivity contribution in [2.24, 2.45) is 0 Å². The number of thiophene rings is 1. The SMILES string of the molecule is O=C(O)c1ccc(C(=O)NCCCOC2CCCC2)s1. The Bertz CT molecular complexity index is 465.